The van der Waals surface area contributed by atoms with Crippen molar-refractivity contribution in [2.75, 3.05) is 0 Å². The molecule has 1 aromatic rings. The highest BCUT2D eigenvalue weighted by molar-refractivity contribution is 9.10. The number of rotatable bonds is 3. The van der Waals surface area contributed by atoms with Gasteiger partial charge in [0, 0.05) is 22.8 Å². The number of aromatic nitrogens is 1. The molecule has 1 saturated carbocycles. The highest BCUT2D eigenvalue weighted by atomic mass is 79.9. The van der Waals surface area contributed by atoms with E-state index in [0.717, 1.165) is 16.6 Å². The van der Waals surface area contributed by atoms with Crippen LogP contribution in [-0.2, 0) is 0 Å². The van der Waals surface area contributed by atoms with Gasteiger partial charge in [0.25, 0.3) is 5.91 Å². The minimum absolute atomic E-state index is 0.0457. The molecule has 1 amide bonds. The summed E-state index contributed by atoms with van der Waals surface area (Å²) in [5.41, 5.74) is 0.939. The summed E-state index contributed by atoms with van der Waals surface area (Å²) in [7, 11) is 0. The molecule has 20 heavy (non-hydrogen) atoms. The lowest BCUT2D eigenvalue weighted by Gasteiger charge is -2.39. The molecular formula is C16H25BrN2O. The van der Waals surface area contributed by atoms with E-state index in [9.17, 15) is 4.79 Å². The predicted octanol–water partition coefficient (Wildman–Crippen LogP) is 4.53. The quantitative estimate of drug-likeness (QED) is 0.861. The zero-order valence-electron chi connectivity index (χ0n) is 12.9. The first-order valence-electron chi connectivity index (χ1n) is 7.49. The number of hydrogen-bond acceptors (Lipinski definition) is 1. The van der Waals surface area contributed by atoms with Gasteiger partial charge in [-0.1, -0.05) is 26.7 Å². The number of nitrogens with zero attached hydrogens (tertiary/aromatic N) is 1. The highest BCUT2D eigenvalue weighted by Crippen LogP contribution is 2.35. The van der Waals surface area contributed by atoms with E-state index in [4.69, 9.17) is 0 Å². The Bertz CT molecular complexity index is 491. The van der Waals surface area contributed by atoms with Crippen molar-refractivity contribution in [3.63, 3.8) is 0 Å². The van der Waals surface area contributed by atoms with Crippen LogP contribution in [0.3, 0.4) is 0 Å². The van der Waals surface area contributed by atoms with Crippen molar-refractivity contribution >= 4 is 21.8 Å². The van der Waals surface area contributed by atoms with Crippen molar-refractivity contribution in [3.05, 3.63) is 22.4 Å². The molecular weight excluding hydrogens is 316 g/mol. The second-order valence-corrected chi connectivity index (χ2v) is 7.72. The van der Waals surface area contributed by atoms with Crippen LogP contribution < -0.4 is 5.32 Å². The van der Waals surface area contributed by atoms with Crippen LogP contribution in [0.1, 0.15) is 69.9 Å². The number of carbonyl (C=O) groups excluding carboxylic acids is 1. The lowest BCUT2D eigenvalue weighted by molar-refractivity contribution is 0.0843. The number of halogens is 1. The minimum atomic E-state index is 0.0457. The topological polar surface area (TPSA) is 34.0 Å². The van der Waals surface area contributed by atoms with Gasteiger partial charge in [0.05, 0.1) is 0 Å². The molecule has 2 rings (SSSR count). The zero-order chi connectivity index (χ0) is 14.9. The van der Waals surface area contributed by atoms with Crippen LogP contribution in [0.15, 0.2) is 16.7 Å². The maximum atomic E-state index is 12.6. The number of nitrogens with one attached hydrogen (secondary N) is 1. The first-order valence-corrected chi connectivity index (χ1v) is 8.29. The second kappa shape index (κ2) is 5.92. The molecule has 1 heterocycles. The Morgan fingerprint density at radius 3 is 2.75 bits per heavy atom. The molecule has 4 heteroatoms. The Balaban J connectivity index is 2.16. The third kappa shape index (κ3) is 3.27. The summed E-state index contributed by atoms with van der Waals surface area (Å²) in [6.45, 7) is 8.70. The molecule has 1 fully saturated rings. The largest absolute Gasteiger partial charge is 0.347 e. The van der Waals surface area contributed by atoms with Crippen LogP contribution in [0.5, 0.6) is 0 Å². The monoisotopic (exact) mass is 340 g/mol. The Hall–Kier alpha value is -0.770. The van der Waals surface area contributed by atoms with E-state index in [0.29, 0.717) is 0 Å². The molecule has 0 spiro atoms. The van der Waals surface area contributed by atoms with E-state index in [1.54, 1.807) is 0 Å². The predicted molar refractivity (Wildman–Crippen MR) is 86.0 cm³/mol. The fraction of sp³-hybridized carbons (Fsp3) is 0.688. The summed E-state index contributed by atoms with van der Waals surface area (Å²) in [6, 6.07) is 2.46. The molecule has 0 aliphatic heterocycles. The van der Waals surface area contributed by atoms with Crippen molar-refractivity contribution in [2.24, 2.45) is 5.41 Å². The molecule has 0 bridgehead atoms. The van der Waals surface area contributed by atoms with E-state index < -0.39 is 0 Å². The van der Waals surface area contributed by atoms with Gasteiger partial charge in [-0.3, -0.25) is 4.79 Å². The van der Waals surface area contributed by atoms with Gasteiger partial charge in [-0.05, 0) is 54.1 Å². The average Bonchev–Trinajstić information content (AvgIpc) is 2.74. The van der Waals surface area contributed by atoms with Crippen molar-refractivity contribution in [1.82, 2.24) is 9.88 Å². The van der Waals surface area contributed by atoms with Crippen molar-refractivity contribution < 1.29 is 4.79 Å². The first-order chi connectivity index (χ1) is 9.31. The molecule has 0 aromatic carbocycles. The standard InChI is InChI=1S/C16H25BrN2O/c1-11(2)19-10-12(17)9-13(19)15(20)18-14-7-5-6-8-16(14,3)4/h9-11,14H,5-8H2,1-4H3,(H,18,20). The molecule has 1 aliphatic carbocycles. The average molecular weight is 341 g/mol. The van der Waals surface area contributed by atoms with Gasteiger partial charge in [-0.15, -0.1) is 0 Å². The second-order valence-electron chi connectivity index (χ2n) is 6.80. The van der Waals surface area contributed by atoms with Crippen LogP contribution in [0.2, 0.25) is 0 Å². The summed E-state index contributed by atoms with van der Waals surface area (Å²) >= 11 is 3.47. The molecule has 1 atom stereocenters. The maximum absolute atomic E-state index is 12.6. The highest BCUT2D eigenvalue weighted by Gasteiger charge is 2.33. The Morgan fingerprint density at radius 1 is 1.45 bits per heavy atom. The third-order valence-electron chi connectivity index (χ3n) is 4.42. The molecule has 112 valence electrons. The van der Waals surface area contributed by atoms with Gasteiger partial charge in [0.1, 0.15) is 5.69 Å². The van der Waals surface area contributed by atoms with Gasteiger partial charge in [0.2, 0.25) is 0 Å². The smallest absolute Gasteiger partial charge is 0.268 e. The first kappa shape index (κ1) is 15.6. The summed E-state index contributed by atoms with van der Waals surface area (Å²) in [4.78, 5) is 12.6. The van der Waals surface area contributed by atoms with Gasteiger partial charge in [0.15, 0.2) is 0 Å². The van der Waals surface area contributed by atoms with E-state index >= 15 is 0 Å². The molecule has 1 N–H and O–H groups in total. The number of amides is 1. The minimum Gasteiger partial charge on any atom is -0.347 e. The molecule has 1 unspecified atom stereocenters. The lowest BCUT2D eigenvalue weighted by Crippen LogP contribution is -2.47. The van der Waals surface area contributed by atoms with E-state index in [2.05, 4.69) is 48.9 Å². The van der Waals surface area contributed by atoms with Gasteiger partial charge >= 0.3 is 0 Å². The summed E-state index contributed by atoms with van der Waals surface area (Å²) < 4.78 is 2.98. The van der Waals surface area contributed by atoms with Gasteiger partial charge in [-0.2, -0.15) is 0 Å². The lowest BCUT2D eigenvalue weighted by atomic mass is 9.73. The summed E-state index contributed by atoms with van der Waals surface area (Å²) in [6.07, 6.45) is 6.73. The van der Waals surface area contributed by atoms with Gasteiger partial charge in [-0.25, -0.2) is 0 Å². The van der Waals surface area contributed by atoms with E-state index in [-0.39, 0.29) is 23.4 Å². The Kier molecular flexibility index (Phi) is 4.62. The molecule has 0 saturated heterocycles. The van der Waals surface area contributed by atoms with Crippen LogP contribution in [0, 0.1) is 5.41 Å². The van der Waals surface area contributed by atoms with Crippen LogP contribution in [-0.4, -0.2) is 16.5 Å². The normalized spacial score (nSPS) is 22.0. The summed E-state index contributed by atoms with van der Waals surface area (Å²) in [5, 5.41) is 3.25. The summed E-state index contributed by atoms with van der Waals surface area (Å²) in [5.74, 6) is 0.0457. The van der Waals surface area contributed by atoms with Crippen molar-refractivity contribution in [1.29, 1.82) is 0 Å². The Labute approximate surface area is 130 Å². The number of carbonyl (C=O) groups is 1. The Morgan fingerprint density at radius 2 is 2.15 bits per heavy atom. The van der Waals surface area contributed by atoms with Crippen molar-refractivity contribution in [2.45, 2.75) is 65.5 Å². The van der Waals surface area contributed by atoms with E-state index in [1.165, 1.54) is 19.3 Å². The maximum Gasteiger partial charge on any atom is 0.268 e. The molecule has 1 aliphatic rings. The van der Waals surface area contributed by atoms with Crippen LogP contribution >= 0.6 is 15.9 Å². The fourth-order valence-electron chi connectivity index (χ4n) is 3.05. The zero-order valence-corrected chi connectivity index (χ0v) is 14.5. The van der Waals surface area contributed by atoms with E-state index in [1.807, 2.05) is 16.8 Å². The van der Waals surface area contributed by atoms with Crippen LogP contribution in [0.25, 0.3) is 0 Å². The SMILES string of the molecule is CC(C)n1cc(Br)cc1C(=O)NC1CCCCC1(C)C. The van der Waals surface area contributed by atoms with Crippen molar-refractivity contribution in [3.8, 4) is 0 Å². The third-order valence-corrected chi connectivity index (χ3v) is 4.85. The molecule has 3 nitrogen and oxygen atoms in total. The fourth-order valence-corrected chi connectivity index (χ4v) is 3.49. The molecule has 1 aromatic heterocycles. The van der Waals surface area contributed by atoms with Gasteiger partial charge < -0.3 is 9.88 Å². The number of hydrogen-bond donors (Lipinski definition) is 1. The van der Waals surface area contributed by atoms with Crippen LogP contribution in [0.4, 0.5) is 0 Å². The molecule has 0 radical (unpaired) electrons.